The number of aromatic nitrogens is 3. The Kier molecular flexibility index (Phi) is 8.24. The van der Waals surface area contributed by atoms with Crippen LogP contribution in [-0.2, 0) is 0 Å². The fourth-order valence-corrected chi connectivity index (χ4v) is 3.62. The highest BCUT2D eigenvalue weighted by Crippen LogP contribution is 2.20. The smallest absolute Gasteiger partial charge is 0.198 e. The third-order valence-corrected chi connectivity index (χ3v) is 5.26. The Morgan fingerprint density at radius 3 is 2.35 bits per heavy atom. The predicted octanol–water partition coefficient (Wildman–Crippen LogP) is 3.40. The lowest BCUT2D eigenvalue weighted by atomic mass is 10.2. The number of anilines is 2. The first kappa shape index (κ1) is 23.0. The minimum atomic E-state index is 0.119. The van der Waals surface area contributed by atoms with Crippen molar-refractivity contribution in [2.75, 3.05) is 57.3 Å². The molecular weight excluding hydrogens is 432 g/mol. The number of likely N-dealkylation sites (N-methyl/N-ethyl adjacent to an activating group) is 1. The molecule has 1 aromatic heterocycles. The van der Waals surface area contributed by atoms with Gasteiger partial charge >= 0.3 is 0 Å². The van der Waals surface area contributed by atoms with E-state index in [1.807, 2.05) is 62.6 Å². The number of H-pyrrole nitrogens is 2. The Morgan fingerprint density at radius 1 is 1.00 bits per heavy atom. The van der Waals surface area contributed by atoms with E-state index in [0.717, 1.165) is 35.9 Å². The van der Waals surface area contributed by atoms with Crippen LogP contribution in [-0.4, -0.2) is 71.8 Å². The van der Waals surface area contributed by atoms with Gasteiger partial charge in [-0.3, -0.25) is 14.8 Å². The van der Waals surface area contributed by atoms with Crippen LogP contribution in [0.2, 0.25) is 0 Å². The maximum Gasteiger partial charge on any atom is 0.198 e. The van der Waals surface area contributed by atoms with Gasteiger partial charge < -0.3 is 25.0 Å². The van der Waals surface area contributed by atoms with Gasteiger partial charge in [0.25, 0.3) is 0 Å². The molecule has 3 rings (SSSR count). The second-order valence-corrected chi connectivity index (χ2v) is 7.99. The molecule has 0 aliphatic heterocycles. The summed E-state index contributed by atoms with van der Waals surface area (Å²) in [6, 6.07) is 15.7. The highest BCUT2D eigenvalue weighted by atomic mass is 32.1. The van der Waals surface area contributed by atoms with E-state index in [2.05, 4.69) is 25.3 Å². The van der Waals surface area contributed by atoms with Crippen molar-refractivity contribution in [2.24, 2.45) is 0 Å². The maximum absolute atomic E-state index is 9.35. The number of benzene rings is 2. The van der Waals surface area contributed by atoms with E-state index >= 15 is 0 Å². The number of aromatic amines is 2. The summed E-state index contributed by atoms with van der Waals surface area (Å²) < 4.78 is 8.61. The van der Waals surface area contributed by atoms with E-state index in [1.165, 1.54) is 0 Å². The zero-order chi connectivity index (χ0) is 22.2. The van der Waals surface area contributed by atoms with Crippen LogP contribution < -0.4 is 15.0 Å². The van der Waals surface area contributed by atoms with E-state index in [0.29, 0.717) is 22.8 Å². The van der Waals surface area contributed by atoms with Crippen molar-refractivity contribution in [1.82, 2.24) is 19.7 Å². The molecular formula is C21H28N6O2S2. The molecule has 10 heteroatoms. The Morgan fingerprint density at radius 2 is 1.71 bits per heavy atom. The van der Waals surface area contributed by atoms with Gasteiger partial charge in [0.1, 0.15) is 5.75 Å². The second-order valence-electron chi connectivity index (χ2n) is 7.22. The average Bonchev–Trinajstić information content (AvgIpc) is 3.10. The van der Waals surface area contributed by atoms with Crippen LogP contribution in [0.5, 0.6) is 5.75 Å². The Labute approximate surface area is 192 Å². The van der Waals surface area contributed by atoms with E-state index in [9.17, 15) is 5.11 Å². The van der Waals surface area contributed by atoms with Crippen LogP contribution in [0.25, 0.3) is 5.69 Å². The first-order valence-corrected chi connectivity index (χ1v) is 10.8. The largest absolute Gasteiger partial charge is 0.473 e. The fourth-order valence-electron chi connectivity index (χ4n) is 3.07. The van der Waals surface area contributed by atoms with Crippen molar-refractivity contribution in [2.45, 2.75) is 0 Å². The number of ether oxygens (including phenoxy) is 1. The summed E-state index contributed by atoms with van der Waals surface area (Å²) in [5.41, 5.74) is 2.82. The van der Waals surface area contributed by atoms with Gasteiger partial charge in [-0.1, -0.05) is 6.07 Å². The van der Waals surface area contributed by atoms with Gasteiger partial charge in [0.05, 0.1) is 12.3 Å². The fraction of sp³-hybridized carbons (Fsp3) is 0.333. The molecule has 0 unspecified atom stereocenters. The van der Waals surface area contributed by atoms with Crippen molar-refractivity contribution in [3.8, 4) is 11.4 Å². The lowest BCUT2D eigenvalue weighted by molar-refractivity contribution is 0.299. The summed E-state index contributed by atoms with van der Waals surface area (Å²) in [7, 11) is 4.08. The summed E-state index contributed by atoms with van der Waals surface area (Å²) in [5, 5.41) is 18.3. The van der Waals surface area contributed by atoms with Gasteiger partial charge in [0.15, 0.2) is 16.3 Å². The molecule has 0 saturated heterocycles. The Hall–Kier alpha value is -2.66. The lowest BCUT2D eigenvalue weighted by Gasteiger charge is -2.25. The quantitative estimate of drug-likeness (QED) is 0.258. The molecule has 0 atom stereocenters. The zero-order valence-corrected chi connectivity index (χ0v) is 19.3. The Bertz CT molecular complexity index is 1050. The van der Waals surface area contributed by atoms with E-state index in [1.54, 1.807) is 4.57 Å². The van der Waals surface area contributed by atoms with E-state index in [4.69, 9.17) is 29.2 Å². The van der Waals surface area contributed by atoms with Gasteiger partial charge in [0.2, 0.25) is 0 Å². The maximum atomic E-state index is 9.35. The number of rotatable bonds is 11. The molecule has 166 valence electrons. The van der Waals surface area contributed by atoms with E-state index in [-0.39, 0.29) is 6.61 Å². The first-order chi connectivity index (χ1) is 15.0. The standard InChI is InChI=1S/C21H28N6O2S2/c1-25(2)10-11-26(12-13-28)17-6-8-19(9-7-17)29-15-22-16-4-3-5-18(14-16)27-20(30)23-24-21(27)31/h3-9,14,22,28H,10-13,15H2,1-2H3,(H,23,30)(H,24,31). The first-order valence-electron chi connectivity index (χ1n) is 9.95. The molecule has 2 aromatic carbocycles. The number of aliphatic hydroxyl groups excluding tert-OH is 1. The highest BCUT2D eigenvalue weighted by molar-refractivity contribution is 7.72. The van der Waals surface area contributed by atoms with Gasteiger partial charge in [-0.05, 0) is 81.0 Å². The van der Waals surface area contributed by atoms with Gasteiger partial charge in [-0.2, -0.15) is 0 Å². The molecule has 0 saturated carbocycles. The van der Waals surface area contributed by atoms with Gasteiger partial charge in [-0.25, -0.2) is 0 Å². The second kappa shape index (κ2) is 11.1. The van der Waals surface area contributed by atoms with Crippen LogP contribution in [0.1, 0.15) is 0 Å². The van der Waals surface area contributed by atoms with Crippen LogP contribution in [0, 0.1) is 9.54 Å². The molecule has 3 aromatic rings. The molecule has 0 radical (unpaired) electrons. The topological polar surface area (TPSA) is 84.5 Å². The zero-order valence-electron chi connectivity index (χ0n) is 17.7. The van der Waals surface area contributed by atoms with Crippen molar-refractivity contribution < 1.29 is 9.84 Å². The van der Waals surface area contributed by atoms with Crippen LogP contribution in [0.4, 0.5) is 11.4 Å². The third-order valence-electron chi connectivity index (χ3n) is 4.69. The summed E-state index contributed by atoms with van der Waals surface area (Å²) >= 11 is 10.5. The van der Waals surface area contributed by atoms with Gasteiger partial charge in [0, 0.05) is 31.0 Å². The van der Waals surface area contributed by atoms with Crippen LogP contribution in [0.3, 0.4) is 0 Å². The number of nitrogens with one attached hydrogen (secondary N) is 3. The third kappa shape index (κ3) is 6.41. The predicted molar refractivity (Wildman–Crippen MR) is 130 cm³/mol. The minimum Gasteiger partial charge on any atom is -0.473 e. The molecule has 8 nitrogen and oxygen atoms in total. The van der Waals surface area contributed by atoms with Gasteiger partial charge in [-0.15, -0.1) is 0 Å². The molecule has 0 amide bonds. The SMILES string of the molecule is CN(C)CCN(CCO)c1ccc(OCNc2cccc(-n3c(=S)[nH][nH]c3=S)c2)cc1. The number of nitrogens with zero attached hydrogens (tertiary/aromatic N) is 3. The molecule has 0 aliphatic carbocycles. The van der Waals surface area contributed by atoms with Crippen molar-refractivity contribution in [3.63, 3.8) is 0 Å². The monoisotopic (exact) mass is 460 g/mol. The van der Waals surface area contributed by atoms with Crippen molar-refractivity contribution in [1.29, 1.82) is 0 Å². The molecule has 0 spiro atoms. The van der Waals surface area contributed by atoms with Crippen LogP contribution in [0.15, 0.2) is 48.5 Å². The lowest BCUT2D eigenvalue weighted by Crippen LogP contribution is -2.33. The normalized spacial score (nSPS) is 11.0. The summed E-state index contributed by atoms with van der Waals surface area (Å²) in [6.45, 7) is 2.80. The van der Waals surface area contributed by atoms with E-state index < -0.39 is 0 Å². The molecule has 31 heavy (non-hydrogen) atoms. The number of aliphatic hydroxyl groups is 1. The Balaban J connectivity index is 1.58. The number of hydrogen-bond donors (Lipinski definition) is 4. The molecule has 0 bridgehead atoms. The average molecular weight is 461 g/mol. The minimum absolute atomic E-state index is 0.119. The summed E-state index contributed by atoms with van der Waals surface area (Å²) in [5.74, 6) is 0.763. The summed E-state index contributed by atoms with van der Waals surface area (Å²) in [6.07, 6.45) is 0. The highest BCUT2D eigenvalue weighted by Gasteiger charge is 2.07. The van der Waals surface area contributed by atoms with Crippen molar-refractivity contribution >= 4 is 35.8 Å². The molecule has 0 aliphatic rings. The van der Waals surface area contributed by atoms with Crippen molar-refractivity contribution in [3.05, 3.63) is 58.1 Å². The molecule has 4 N–H and O–H groups in total. The molecule has 1 heterocycles. The molecule has 0 fully saturated rings. The summed E-state index contributed by atoms with van der Waals surface area (Å²) in [4.78, 5) is 4.28. The van der Waals surface area contributed by atoms with Crippen LogP contribution >= 0.6 is 24.4 Å². The number of hydrogen-bond acceptors (Lipinski definition) is 7.